The molecule has 0 aromatic carbocycles. The van der Waals surface area contributed by atoms with Crippen LogP contribution in [0.1, 0.15) is 46.5 Å². The molecule has 1 fully saturated rings. The highest BCUT2D eigenvalue weighted by Crippen LogP contribution is 2.20. The minimum absolute atomic E-state index is 0. The van der Waals surface area contributed by atoms with E-state index in [2.05, 4.69) is 5.32 Å². The van der Waals surface area contributed by atoms with Gasteiger partial charge in [0, 0.05) is 26.6 Å². The van der Waals surface area contributed by atoms with Gasteiger partial charge in [-0.25, -0.2) is 0 Å². The average Bonchev–Trinajstić information content (AvgIpc) is 2.45. The Hall–Kier alpha value is -0.810. The van der Waals surface area contributed by atoms with Crippen LogP contribution >= 0.6 is 12.4 Å². The molecule has 1 aliphatic heterocycles. The lowest BCUT2D eigenvalue weighted by atomic mass is 9.90. The standard InChI is InChI=1S/C14H27N3O2.ClH/c1-4-14(5-2,10-15)16-13(19)12-7-6-8-17(9-12)11(3)18;/h12H,4-10,15H2,1-3H3,(H,16,19);1H. The van der Waals surface area contributed by atoms with Crippen molar-refractivity contribution in [3.8, 4) is 0 Å². The van der Waals surface area contributed by atoms with Gasteiger partial charge in [-0.3, -0.25) is 9.59 Å². The number of hydrogen-bond acceptors (Lipinski definition) is 3. The van der Waals surface area contributed by atoms with Crippen LogP contribution in [0.5, 0.6) is 0 Å². The highest BCUT2D eigenvalue weighted by molar-refractivity contribution is 5.85. The maximum atomic E-state index is 12.4. The van der Waals surface area contributed by atoms with Crippen molar-refractivity contribution in [3.05, 3.63) is 0 Å². The Bertz CT molecular complexity index is 324. The van der Waals surface area contributed by atoms with Gasteiger partial charge in [-0.1, -0.05) is 13.8 Å². The van der Waals surface area contributed by atoms with Crippen molar-refractivity contribution in [1.82, 2.24) is 10.2 Å². The Morgan fingerprint density at radius 3 is 2.40 bits per heavy atom. The summed E-state index contributed by atoms with van der Waals surface area (Å²) in [5.41, 5.74) is 5.51. The Morgan fingerprint density at radius 1 is 1.35 bits per heavy atom. The maximum absolute atomic E-state index is 12.4. The van der Waals surface area contributed by atoms with Crippen LogP contribution in [0.2, 0.25) is 0 Å². The largest absolute Gasteiger partial charge is 0.349 e. The second-order valence-electron chi connectivity index (χ2n) is 5.48. The molecule has 0 saturated carbocycles. The molecule has 5 nitrogen and oxygen atoms in total. The van der Waals surface area contributed by atoms with E-state index in [-0.39, 0.29) is 35.7 Å². The number of halogens is 1. The van der Waals surface area contributed by atoms with E-state index in [9.17, 15) is 9.59 Å². The van der Waals surface area contributed by atoms with Gasteiger partial charge in [0.1, 0.15) is 0 Å². The molecule has 20 heavy (non-hydrogen) atoms. The smallest absolute Gasteiger partial charge is 0.225 e. The van der Waals surface area contributed by atoms with Crippen molar-refractivity contribution in [3.63, 3.8) is 0 Å². The highest BCUT2D eigenvalue weighted by atomic mass is 35.5. The molecular weight excluding hydrogens is 278 g/mol. The second-order valence-corrected chi connectivity index (χ2v) is 5.48. The lowest BCUT2D eigenvalue weighted by Crippen LogP contribution is -2.56. The Kier molecular flexibility index (Phi) is 8.13. The molecule has 2 amide bonds. The number of rotatable bonds is 5. The van der Waals surface area contributed by atoms with Gasteiger partial charge in [-0.05, 0) is 25.7 Å². The molecular formula is C14H28ClN3O2. The molecule has 0 aromatic rings. The summed E-state index contributed by atoms with van der Waals surface area (Å²) in [5, 5.41) is 3.11. The molecule has 1 atom stereocenters. The van der Waals surface area contributed by atoms with Gasteiger partial charge >= 0.3 is 0 Å². The van der Waals surface area contributed by atoms with E-state index in [0.29, 0.717) is 13.1 Å². The summed E-state index contributed by atoms with van der Waals surface area (Å²) in [4.78, 5) is 25.5. The summed E-state index contributed by atoms with van der Waals surface area (Å²) in [7, 11) is 0. The zero-order valence-electron chi connectivity index (χ0n) is 12.8. The number of nitrogens with one attached hydrogen (secondary N) is 1. The Labute approximate surface area is 128 Å². The van der Waals surface area contributed by atoms with Crippen molar-refractivity contribution < 1.29 is 9.59 Å². The van der Waals surface area contributed by atoms with Crippen LogP contribution in [0, 0.1) is 5.92 Å². The van der Waals surface area contributed by atoms with Gasteiger partial charge in [0.15, 0.2) is 0 Å². The molecule has 0 aromatic heterocycles. The van der Waals surface area contributed by atoms with E-state index in [1.807, 2.05) is 13.8 Å². The molecule has 1 unspecified atom stereocenters. The SMILES string of the molecule is CCC(CC)(CN)NC(=O)C1CCCN(C(C)=O)C1.Cl. The molecule has 1 saturated heterocycles. The fourth-order valence-corrected chi connectivity index (χ4v) is 2.61. The van der Waals surface area contributed by atoms with Crippen LogP contribution in [-0.4, -0.2) is 41.9 Å². The van der Waals surface area contributed by atoms with Crippen molar-refractivity contribution in [2.45, 2.75) is 52.0 Å². The topological polar surface area (TPSA) is 75.4 Å². The normalized spacial score (nSPS) is 19.2. The summed E-state index contributed by atoms with van der Waals surface area (Å²) in [6, 6.07) is 0. The van der Waals surface area contributed by atoms with Gasteiger partial charge in [0.2, 0.25) is 11.8 Å². The average molecular weight is 306 g/mol. The minimum atomic E-state index is -0.296. The second kappa shape index (κ2) is 8.47. The quantitative estimate of drug-likeness (QED) is 0.804. The summed E-state index contributed by atoms with van der Waals surface area (Å²) in [5.74, 6) is -0.00431. The highest BCUT2D eigenvalue weighted by Gasteiger charge is 2.32. The maximum Gasteiger partial charge on any atom is 0.225 e. The fraction of sp³-hybridized carbons (Fsp3) is 0.857. The van der Waals surface area contributed by atoms with E-state index in [1.54, 1.807) is 11.8 Å². The number of amides is 2. The van der Waals surface area contributed by atoms with Gasteiger partial charge < -0.3 is 16.0 Å². The van der Waals surface area contributed by atoms with Crippen LogP contribution in [0.4, 0.5) is 0 Å². The molecule has 3 N–H and O–H groups in total. The van der Waals surface area contributed by atoms with Crippen LogP contribution < -0.4 is 11.1 Å². The van der Waals surface area contributed by atoms with Crippen LogP contribution in [0.25, 0.3) is 0 Å². The van der Waals surface area contributed by atoms with Crippen LogP contribution in [0.3, 0.4) is 0 Å². The third-order valence-electron chi connectivity index (χ3n) is 4.37. The monoisotopic (exact) mass is 305 g/mol. The fourth-order valence-electron chi connectivity index (χ4n) is 2.61. The third-order valence-corrected chi connectivity index (χ3v) is 4.37. The number of likely N-dealkylation sites (tertiary alicyclic amines) is 1. The first kappa shape index (κ1) is 19.2. The predicted molar refractivity (Wildman–Crippen MR) is 82.7 cm³/mol. The minimum Gasteiger partial charge on any atom is -0.349 e. The lowest BCUT2D eigenvalue weighted by Gasteiger charge is -2.36. The van der Waals surface area contributed by atoms with Crippen molar-refractivity contribution in [2.24, 2.45) is 11.7 Å². The number of nitrogens with zero attached hydrogens (tertiary/aromatic N) is 1. The summed E-state index contributed by atoms with van der Waals surface area (Å²) < 4.78 is 0. The van der Waals surface area contributed by atoms with E-state index in [1.165, 1.54) is 0 Å². The Balaban J connectivity index is 0.00000361. The van der Waals surface area contributed by atoms with E-state index in [0.717, 1.165) is 32.2 Å². The molecule has 1 heterocycles. The van der Waals surface area contributed by atoms with E-state index >= 15 is 0 Å². The van der Waals surface area contributed by atoms with Crippen molar-refractivity contribution >= 4 is 24.2 Å². The zero-order valence-corrected chi connectivity index (χ0v) is 13.6. The van der Waals surface area contributed by atoms with Gasteiger partial charge in [0.25, 0.3) is 0 Å². The molecule has 0 bridgehead atoms. The molecule has 0 aliphatic carbocycles. The molecule has 0 spiro atoms. The van der Waals surface area contributed by atoms with E-state index < -0.39 is 0 Å². The van der Waals surface area contributed by atoms with Gasteiger partial charge in [-0.15, -0.1) is 12.4 Å². The number of carbonyl (C=O) groups is 2. The molecule has 6 heteroatoms. The summed E-state index contributed by atoms with van der Waals surface area (Å²) in [6.45, 7) is 7.40. The number of nitrogens with two attached hydrogens (primary N) is 1. The molecule has 1 rings (SSSR count). The number of hydrogen-bond donors (Lipinski definition) is 2. The molecule has 1 aliphatic rings. The first-order chi connectivity index (χ1) is 8.98. The Morgan fingerprint density at radius 2 is 1.95 bits per heavy atom. The van der Waals surface area contributed by atoms with E-state index in [4.69, 9.17) is 5.73 Å². The first-order valence-corrected chi connectivity index (χ1v) is 7.25. The van der Waals surface area contributed by atoms with Gasteiger partial charge in [-0.2, -0.15) is 0 Å². The molecule has 118 valence electrons. The summed E-state index contributed by atoms with van der Waals surface area (Å²) >= 11 is 0. The predicted octanol–water partition coefficient (Wildman–Crippen LogP) is 1.30. The van der Waals surface area contributed by atoms with Crippen LogP contribution in [-0.2, 0) is 9.59 Å². The van der Waals surface area contributed by atoms with Crippen molar-refractivity contribution in [1.29, 1.82) is 0 Å². The number of carbonyl (C=O) groups excluding carboxylic acids is 2. The third kappa shape index (κ3) is 4.63. The molecule has 0 radical (unpaired) electrons. The lowest BCUT2D eigenvalue weighted by molar-refractivity contribution is -0.134. The zero-order chi connectivity index (χ0) is 14.5. The van der Waals surface area contributed by atoms with Crippen molar-refractivity contribution in [2.75, 3.05) is 19.6 Å². The summed E-state index contributed by atoms with van der Waals surface area (Å²) in [6.07, 6.45) is 3.40. The first-order valence-electron chi connectivity index (χ1n) is 7.25. The number of piperidine rings is 1. The van der Waals surface area contributed by atoms with Gasteiger partial charge in [0.05, 0.1) is 11.5 Å². The van der Waals surface area contributed by atoms with Crippen LogP contribution in [0.15, 0.2) is 0 Å².